The van der Waals surface area contributed by atoms with Crippen LogP contribution in [0.1, 0.15) is 93.6 Å². The first kappa shape index (κ1) is 26.0. The molecule has 0 atom stereocenters. The average Bonchev–Trinajstić information content (AvgIpc) is 2.94. The SMILES string of the molecule is CCCCc1c2c(c(CCCC)c(C(=O)OC)c1C(=O)OC)Cc1cc3cc4ccccc4cc3cc1C2. The first-order valence-electron chi connectivity index (χ1n) is 13.8. The molecular weight excluding hydrogens is 472 g/mol. The second-order valence-corrected chi connectivity index (χ2v) is 10.4. The lowest BCUT2D eigenvalue weighted by molar-refractivity contribution is 0.0552. The van der Waals surface area contributed by atoms with Crippen molar-refractivity contribution in [1.82, 2.24) is 0 Å². The maximum absolute atomic E-state index is 13.3. The zero-order valence-electron chi connectivity index (χ0n) is 22.9. The minimum atomic E-state index is -0.451. The van der Waals surface area contributed by atoms with Crippen LogP contribution in [-0.2, 0) is 35.2 Å². The lowest BCUT2D eigenvalue weighted by Gasteiger charge is -2.29. The largest absolute Gasteiger partial charge is 0.465 e. The Morgan fingerprint density at radius 3 is 1.45 bits per heavy atom. The van der Waals surface area contributed by atoms with Gasteiger partial charge in [0.05, 0.1) is 25.3 Å². The van der Waals surface area contributed by atoms with Crippen LogP contribution < -0.4 is 0 Å². The standard InChI is InChI=1S/C34H36O4/c1-5-7-13-27-29-19-25-17-23-15-21-11-9-10-12-22(21)16-24(23)18-26(25)20-30(29)28(14-8-6-2)32(34(36)38-4)31(27)33(35)37-3/h9-12,15-18H,5-8,13-14,19-20H2,1-4H3. The van der Waals surface area contributed by atoms with E-state index < -0.39 is 11.9 Å². The Balaban J connectivity index is 1.77. The van der Waals surface area contributed by atoms with E-state index in [0.717, 1.165) is 62.5 Å². The van der Waals surface area contributed by atoms with Crippen LogP contribution in [0.2, 0.25) is 0 Å². The van der Waals surface area contributed by atoms with Crippen LogP contribution in [0, 0.1) is 0 Å². The third-order valence-corrected chi connectivity index (χ3v) is 8.04. The summed E-state index contributed by atoms with van der Waals surface area (Å²) < 4.78 is 10.5. The topological polar surface area (TPSA) is 52.6 Å². The molecule has 0 saturated carbocycles. The van der Waals surface area contributed by atoms with E-state index in [1.165, 1.54) is 58.0 Å². The summed E-state index contributed by atoms with van der Waals surface area (Å²) in [6.07, 6.45) is 6.81. The maximum atomic E-state index is 13.3. The van der Waals surface area contributed by atoms with Gasteiger partial charge in [-0.2, -0.15) is 0 Å². The normalized spacial score (nSPS) is 12.3. The maximum Gasteiger partial charge on any atom is 0.339 e. The Morgan fingerprint density at radius 1 is 0.658 bits per heavy atom. The summed E-state index contributed by atoms with van der Waals surface area (Å²) in [5.74, 6) is -0.902. The highest BCUT2D eigenvalue weighted by molar-refractivity contribution is 6.06. The number of esters is 2. The van der Waals surface area contributed by atoms with Gasteiger partial charge in [0.25, 0.3) is 0 Å². The van der Waals surface area contributed by atoms with Crippen molar-refractivity contribution in [2.75, 3.05) is 14.2 Å². The van der Waals surface area contributed by atoms with Crippen LogP contribution in [-0.4, -0.2) is 26.2 Å². The van der Waals surface area contributed by atoms with Crippen molar-refractivity contribution in [3.8, 4) is 0 Å². The molecule has 0 saturated heterocycles. The molecule has 4 heteroatoms. The van der Waals surface area contributed by atoms with Gasteiger partial charge in [-0.1, -0.05) is 63.1 Å². The number of carbonyl (C=O) groups is 2. The van der Waals surface area contributed by atoms with Gasteiger partial charge in [-0.25, -0.2) is 9.59 Å². The molecule has 0 radical (unpaired) electrons. The highest BCUT2D eigenvalue weighted by Gasteiger charge is 2.33. The molecule has 0 aliphatic heterocycles. The van der Waals surface area contributed by atoms with Gasteiger partial charge in [0.2, 0.25) is 0 Å². The number of hydrogen-bond donors (Lipinski definition) is 0. The molecule has 38 heavy (non-hydrogen) atoms. The fourth-order valence-electron chi connectivity index (χ4n) is 6.10. The zero-order chi connectivity index (χ0) is 26.8. The van der Waals surface area contributed by atoms with E-state index in [4.69, 9.17) is 9.47 Å². The lowest BCUT2D eigenvalue weighted by Crippen LogP contribution is -2.24. The molecule has 0 amide bonds. The first-order chi connectivity index (χ1) is 18.5. The third-order valence-electron chi connectivity index (χ3n) is 8.04. The van der Waals surface area contributed by atoms with Gasteiger partial charge in [0, 0.05) is 0 Å². The molecule has 4 aromatic carbocycles. The summed E-state index contributed by atoms with van der Waals surface area (Å²) in [5.41, 5.74) is 7.72. The van der Waals surface area contributed by atoms with E-state index in [1.54, 1.807) is 0 Å². The fourth-order valence-corrected chi connectivity index (χ4v) is 6.10. The average molecular weight is 509 g/mol. The molecule has 1 aliphatic carbocycles. The number of carbonyl (C=O) groups excluding carboxylic acids is 2. The Hall–Kier alpha value is -3.66. The van der Waals surface area contributed by atoms with Gasteiger partial charge in [0.1, 0.15) is 0 Å². The van der Waals surface area contributed by atoms with E-state index in [-0.39, 0.29) is 0 Å². The summed E-state index contributed by atoms with van der Waals surface area (Å²) in [5, 5.41) is 4.92. The van der Waals surface area contributed by atoms with Gasteiger partial charge >= 0.3 is 11.9 Å². The van der Waals surface area contributed by atoms with Crippen molar-refractivity contribution in [3.05, 3.63) is 93.0 Å². The van der Waals surface area contributed by atoms with Gasteiger partial charge < -0.3 is 9.47 Å². The summed E-state index contributed by atoms with van der Waals surface area (Å²) in [6, 6.07) is 17.6. The van der Waals surface area contributed by atoms with Gasteiger partial charge in [-0.15, -0.1) is 0 Å². The molecule has 4 aromatic rings. The monoisotopic (exact) mass is 508 g/mol. The van der Waals surface area contributed by atoms with Crippen LogP contribution in [0.15, 0.2) is 48.5 Å². The van der Waals surface area contributed by atoms with Crippen molar-refractivity contribution in [2.24, 2.45) is 0 Å². The van der Waals surface area contributed by atoms with Gasteiger partial charge in [-0.05, 0) is 106 Å². The van der Waals surface area contributed by atoms with Crippen molar-refractivity contribution in [3.63, 3.8) is 0 Å². The minimum absolute atomic E-state index is 0.410. The first-order valence-corrected chi connectivity index (χ1v) is 13.8. The molecule has 0 bridgehead atoms. The van der Waals surface area contributed by atoms with Crippen molar-refractivity contribution >= 4 is 33.5 Å². The molecule has 5 rings (SSSR count). The Morgan fingerprint density at radius 2 is 1.08 bits per heavy atom. The molecule has 0 unspecified atom stereocenters. The number of ether oxygens (including phenoxy) is 2. The predicted molar refractivity (Wildman–Crippen MR) is 153 cm³/mol. The number of fused-ring (bicyclic) bond motifs is 4. The minimum Gasteiger partial charge on any atom is -0.465 e. The third kappa shape index (κ3) is 4.57. The number of methoxy groups -OCH3 is 2. The van der Waals surface area contributed by atoms with Crippen LogP contribution in [0.3, 0.4) is 0 Å². The zero-order valence-corrected chi connectivity index (χ0v) is 22.9. The smallest absolute Gasteiger partial charge is 0.339 e. The van der Waals surface area contributed by atoms with Crippen molar-refractivity contribution in [1.29, 1.82) is 0 Å². The van der Waals surface area contributed by atoms with E-state index in [1.807, 2.05) is 0 Å². The van der Waals surface area contributed by atoms with Gasteiger partial charge in [0.15, 0.2) is 0 Å². The molecular formula is C34H36O4. The quantitative estimate of drug-likeness (QED) is 0.159. The van der Waals surface area contributed by atoms with Crippen LogP contribution >= 0.6 is 0 Å². The molecule has 0 heterocycles. The molecule has 196 valence electrons. The summed E-state index contributed by atoms with van der Waals surface area (Å²) in [4.78, 5) is 26.5. The second-order valence-electron chi connectivity index (χ2n) is 10.4. The summed E-state index contributed by atoms with van der Waals surface area (Å²) in [6.45, 7) is 4.29. The molecule has 0 fully saturated rings. The summed E-state index contributed by atoms with van der Waals surface area (Å²) >= 11 is 0. The highest BCUT2D eigenvalue weighted by atomic mass is 16.5. The Kier molecular flexibility index (Phi) is 7.51. The summed E-state index contributed by atoms with van der Waals surface area (Å²) in [7, 11) is 2.79. The Labute approximate surface area is 225 Å². The Bertz CT molecular complexity index is 1430. The number of rotatable bonds is 8. The van der Waals surface area contributed by atoms with Crippen LogP contribution in [0.4, 0.5) is 0 Å². The predicted octanol–water partition coefficient (Wildman–Crippen LogP) is 7.75. The molecule has 4 nitrogen and oxygen atoms in total. The molecule has 1 aliphatic rings. The van der Waals surface area contributed by atoms with Gasteiger partial charge in [-0.3, -0.25) is 0 Å². The molecule has 0 aromatic heterocycles. The van der Waals surface area contributed by atoms with Crippen molar-refractivity contribution < 1.29 is 19.1 Å². The molecule has 0 spiro atoms. The van der Waals surface area contributed by atoms with Crippen LogP contribution in [0.5, 0.6) is 0 Å². The van der Waals surface area contributed by atoms with E-state index in [2.05, 4.69) is 62.4 Å². The number of hydrogen-bond acceptors (Lipinski definition) is 4. The van der Waals surface area contributed by atoms with Crippen LogP contribution in [0.25, 0.3) is 21.5 Å². The lowest BCUT2D eigenvalue weighted by atomic mass is 9.75. The number of unbranched alkanes of at least 4 members (excludes halogenated alkanes) is 2. The van der Waals surface area contributed by atoms with E-state index in [9.17, 15) is 9.59 Å². The van der Waals surface area contributed by atoms with Crippen molar-refractivity contribution in [2.45, 2.75) is 65.2 Å². The fraction of sp³-hybridized carbons (Fsp3) is 0.353. The molecule has 0 N–H and O–H groups in total. The second kappa shape index (κ2) is 11.0. The highest BCUT2D eigenvalue weighted by Crippen LogP contribution is 2.40. The van der Waals surface area contributed by atoms with E-state index >= 15 is 0 Å². The van der Waals surface area contributed by atoms with E-state index in [0.29, 0.717) is 11.1 Å². The number of benzene rings is 4.